The van der Waals surface area contributed by atoms with Crippen LogP contribution in [-0.4, -0.2) is 19.9 Å². The Labute approximate surface area is 97.3 Å². The van der Waals surface area contributed by atoms with Gasteiger partial charge in [-0.2, -0.15) is 0 Å². The van der Waals surface area contributed by atoms with E-state index < -0.39 is 0 Å². The molecule has 6 nitrogen and oxygen atoms in total. The molecule has 1 atom stereocenters. The summed E-state index contributed by atoms with van der Waals surface area (Å²) in [5, 5.41) is 3.42. The van der Waals surface area contributed by atoms with Crippen LogP contribution in [0.15, 0.2) is 18.7 Å². The maximum Gasteiger partial charge on any atom is 0.151 e. The van der Waals surface area contributed by atoms with Gasteiger partial charge in [0.25, 0.3) is 0 Å². The normalized spacial score (nSPS) is 12.4. The van der Waals surface area contributed by atoms with Gasteiger partial charge in [-0.25, -0.2) is 15.0 Å². The van der Waals surface area contributed by atoms with Gasteiger partial charge in [-0.05, 0) is 6.92 Å². The molecule has 2 aromatic rings. The Morgan fingerprint density at radius 2 is 2.25 bits per heavy atom. The summed E-state index contributed by atoms with van der Waals surface area (Å²) in [7, 11) is 0. The summed E-state index contributed by atoms with van der Waals surface area (Å²) in [5.74, 6) is 1.55. The van der Waals surface area contributed by atoms with Crippen molar-refractivity contribution in [2.24, 2.45) is 0 Å². The second-order valence-electron chi connectivity index (χ2n) is 3.26. The summed E-state index contributed by atoms with van der Waals surface area (Å²) >= 11 is 5.96. The van der Waals surface area contributed by atoms with E-state index in [2.05, 4.69) is 25.3 Å². The number of hydrogen-bond donors (Lipinski definition) is 3. The Morgan fingerprint density at radius 3 is 2.94 bits per heavy atom. The largest absolute Gasteiger partial charge is 0.382 e. The number of nitrogens with zero attached hydrogens (tertiary/aromatic N) is 3. The number of anilines is 2. The number of nitrogens with one attached hydrogen (secondary N) is 2. The molecule has 2 aromatic heterocycles. The third-order valence-corrected chi connectivity index (χ3v) is 2.47. The van der Waals surface area contributed by atoms with Gasteiger partial charge in [0.05, 0.1) is 6.04 Å². The molecule has 0 radical (unpaired) electrons. The average molecular weight is 239 g/mol. The molecule has 1 unspecified atom stereocenters. The van der Waals surface area contributed by atoms with Crippen LogP contribution in [-0.2, 0) is 0 Å². The zero-order valence-corrected chi connectivity index (χ0v) is 9.36. The van der Waals surface area contributed by atoms with Gasteiger partial charge in [0.1, 0.15) is 23.0 Å². The molecule has 0 aliphatic heterocycles. The van der Waals surface area contributed by atoms with Crippen molar-refractivity contribution in [1.29, 1.82) is 0 Å². The van der Waals surface area contributed by atoms with E-state index in [-0.39, 0.29) is 11.9 Å². The monoisotopic (exact) mass is 238 g/mol. The molecule has 0 aromatic carbocycles. The maximum atomic E-state index is 5.96. The van der Waals surface area contributed by atoms with Gasteiger partial charge in [0.2, 0.25) is 0 Å². The summed E-state index contributed by atoms with van der Waals surface area (Å²) in [6.07, 6.45) is 4.80. The van der Waals surface area contributed by atoms with E-state index in [1.54, 1.807) is 12.4 Å². The molecule has 0 saturated carbocycles. The van der Waals surface area contributed by atoms with Gasteiger partial charge in [0, 0.05) is 12.4 Å². The molecular formula is C9H11ClN6. The summed E-state index contributed by atoms with van der Waals surface area (Å²) in [4.78, 5) is 14.9. The fourth-order valence-electron chi connectivity index (χ4n) is 1.27. The summed E-state index contributed by atoms with van der Waals surface area (Å²) in [6, 6.07) is -0.0400. The highest BCUT2D eigenvalue weighted by Gasteiger charge is 2.12. The minimum absolute atomic E-state index is 0.0400. The van der Waals surface area contributed by atoms with E-state index in [0.717, 1.165) is 5.82 Å². The first kappa shape index (κ1) is 10.7. The fraction of sp³-hybridized carbons (Fsp3) is 0.222. The van der Waals surface area contributed by atoms with Crippen LogP contribution in [0.5, 0.6) is 0 Å². The first-order chi connectivity index (χ1) is 7.68. The van der Waals surface area contributed by atoms with Crippen molar-refractivity contribution in [3.05, 3.63) is 29.6 Å². The highest BCUT2D eigenvalue weighted by molar-refractivity contribution is 6.35. The van der Waals surface area contributed by atoms with Gasteiger partial charge in [-0.15, -0.1) is 0 Å². The number of rotatable bonds is 3. The number of nitrogen functional groups attached to an aromatic ring is 1. The molecule has 16 heavy (non-hydrogen) atoms. The first-order valence-corrected chi connectivity index (χ1v) is 5.08. The molecule has 2 heterocycles. The summed E-state index contributed by atoms with van der Waals surface area (Å²) in [6.45, 7) is 1.94. The molecule has 0 saturated heterocycles. The van der Waals surface area contributed by atoms with Crippen molar-refractivity contribution in [1.82, 2.24) is 19.9 Å². The highest BCUT2D eigenvalue weighted by atomic mass is 35.5. The Balaban J connectivity index is 2.18. The molecule has 7 heteroatoms. The van der Waals surface area contributed by atoms with Crippen molar-refractivity contribution < 1.29 is 0 Å². The number of halogens is 1. The first-order valence-electron chi connectivity index (χ1n) is 4.70. The highest BCUT2D eigenvalue weighted by Crippen LogP contribution is 2.25. The third-order valence-electron chi connectivity index (χ3n) is 2.10. The van der Waals surface area contributed by atoms with E-state index in [1.165, 1.54) is 6.33 Å². The average Bonchev–Trinajstić information content (AvgIpc) is 2.78. The molecule has 0 amide bonds. The van der Waals surface area contributed by atoms with E-state index in [1.807, 2.05) is 6.92 Å². The van der Waals surface area contributed by atoms with Crippen LogP contribution in [0.25, 0.3) is 0 Å². The predicted molar refractivity (Wildman–Crippen MR) is 62.1 cm³/mol. The topological polar surface area (TPSA) is 92.5 Å². The molecule has 84 valence electrons. The molecule has 0 aliphatic carbocycles. The Kier molecular flexibility index (Phi) is 2.91. The van der Waals surface area contributed by atoms with E-state index in [9.17, 15) is 0 Å². The summed E-state index contributed by atoms with van der Waals surface area (Å²) < 4.78 is 0. The standard InChI is InChI=1S/C9H11ClN6/c1-5(8-12-2-3-13-8)16-9-6(10)7(11)14-4-15-9/h2-5H,1H3,(H,12,13)(H3,11,14,15,16). The Hall–Kier alpha value is -1.82. The SMILES string of the molecule is CC(Nc1ncnc(N)c1Cl)c1ncc[nH]1. The zero-order chi connectivity index (χ0) is 11.5. The van der Waals surface area contributed by atoms with Crippen LogP contribution in [0.2, 0.25) is 5.02 Å². The molecule has 2 rings (SSSR count). The molecule has 0 aliphatic rings. The molecule has 0 bridgehead atoms. The maximum absolute atomic E-state index is 5.96. The van der Waals surface area contributed by atoms with Gasteiger partial charge in [-0.3, -0.25) is 0 Å². The smallest absolute Gasteiger partial charge is 0.151 e. The molecule has 0 spiro atoms. The molecule has 4 N–H and O–H groups in total. The van der Waals surface area contributed by atoms with E-state index in [0.29, 0.717) is 10.8 Å². The van der Waals surface area contributed by atoms with Gasteiger partial charge < -0.3 is 16.0 Å². The number of hydrogen-bond acceptors (Lipinski definition) is 5. The van der Waals surface area contributed by atoms with Crippen LogP contribution < -0.4 is 11.1 Å². The number of aromatic nitrogens is 4. The van der Waals surface area contributed by atoms with Gasteiger partial charge in [0.15, 0.2) is 5.82 Å². The van der Waals surface area contributed by atoms with E-state index >= 15 is 0 Å². The quantitative estimate of drug-likeness (QED) is 0.756. The van der Waals surface area contributed by atoms with Crippen LogP contribution in [0.1, 0.15) is 18.8 Å². The van der Waals surface area contributed by atoms with Gasteiger partial charge in [-0.1, -0.05) is 11.6 Å². The lowest BCUT2D eigenvalue weighted by atomic mass is 10.3. The van der Waals surface area contributed by atoms with E-state index in [4.69, 9.17) is 17.3 Å². The lowest BCUT2D eigenvalue weighted by Crippen LogP contribution is -2.10. The van der Waals surface area contributed by atoms with Gasteiger partial charge >= 0.3 is 0 Å². The number of imidazole rings is 1. The van der Waals surface area contributed by atoms with Crippen molar-refractivity contribution in [2.75, 3.05) is 11.1 Å². The van der Waals surface area contributed by atoms with Crippen molar-refractivity contribution >= 4 is 23.2 Å². The minimum Gasteiger partial charge on any atom is -0.382 e. The fourth-order valence-corrected chi connectivity index (χ4v) is 1.42. The predicted octanol–water partition coefficient (Wildman–Crippen LogP) is 1.61. The van der Waals surface area contributed by atoms with Crippen LogP contribution in [0.3, 0.4) is 0 Å². The Morgan fingerprint density at radius 1 is 1.44 bits per heavy atom. The van der Waals surface area contributed by atoms with Crippen molar-refractivity contribution in [3.63, 3.8) is 0 Å². The molecular weight excluding hydrogens is 228 g/mol. The lowest BCUT2D eigenvalue weighted by Gasteiger charge is -2.13. The van der Waals surface area contributed by atoms with Crippen molar-refractivity contribution in [3.8, 4) is 0 Å². The zero-order valence-electron chi connectivity index (χ0n) is 8.61. The third kappa shape index (κ3) is 2.06. The molecule has 0 fully saturated rings. The Bertz CT molecular complexity index is 469. The number of nitrogens with two attached hydrogens (primary N) is 1. The summed E-state index contributed by atoms with van der Waals surface area (Å²) in [5.41, 5.74) is 5.57. The second kappa shape index (κ2) is 4.36. The number of H-pyrrole nitrogens is 1. The second-order valence-corrected chi connectivity index (χ2v) is 3.64. The number of aromatic amines is 1. The van der Waals surface area contributed by atoms with Crippen LogP contribution in [0, 0.1) is 0 Å². The minimum atomic E-state index is -0.0400. The van der Waals surface area contributed by atoms with Crippen LogP contribution in [0.4, 0.5) is 11.6 Å². The lowest BCUT2D eigenvalue weighted by molar-refractivity contribution is 0.803. The van der Waals surface area contributed by atoms with Crippen molar-refractivity contribution in [2.45, 2.75) is 13.0 Å². The van der Waals surface area contributed by atoms with Crippen LogP contribution >= 0.6 is 11.6 Å².